The lowest BCUT2D eigenvalue weighted by atomic mass is 10.0. The Morgan fingerprint density at radius 1 is 1.24 bits per heavy atom. The maximum absolute atomic E-state index is 12.8. The van der Waals surface area contributed by atoms with Crippen molar-refractivity contribution in [1.82, 2.24) is 15.1 Å². The summed E-state index contributed by atoms with van der Waals surface area (Å²) >= 11 is 0. The van der Waals surface area contributed by atoms with Crippen LogP contribution in [0.5, 0.6) is 0 Å². The largest absolute Gasteiger partial charge is 0.444 e. The van der Waals surface area contributed by atoms with Gasteiger partial charge in [-0.15, -0.1) is 5.10 Å². The lowest BCUT2D eigenvalue weighted by Crippen LogP contribution is -2.44. The van der Waals surface area contributed by atoms with Gasteiger partial charge in [0.15, 0.2) is 0 Å². The van der Waals surface area contributed by atoms with Crippen molar-refractivity contribution in [1.29, 1.82) is 0 Å². The zero-order valence-corrected chi connectivity index (χ0v) is 19.8. The van der Waals surface area contributed by atoms with Crippen LogP contribution >= 0.6 is 0 Å². The lowest BCUT2D eigenvalue weighted by Gasteiger charge is -2.23. The van der Waals surface area contributed by atoms with Crippen LogP contribution in [0.25, 0.3) is 0 Å². The molecule has 166 valence electrons. The first-order valence-electron chi connectivity index (χ1n) is 9.87. The maximum Gasteiger partial charge on any atom is 0.439 e. The second kappa shape index (κ2) is 10.2. The Kier molecular flexibility index (Phi) is 8.82. The fraction of sp³-hybridized carbons (Fsp3) is 0.789. The van der Waals surface area contributed by atoms with Gasteiger partial charge >= 0.3 is 11.8 Å². The normalized spacial score (nSPS) is 13.4. The molecule has 0 fully saturated rings. The summed E-state index contributed by atoms with van der Waals surface area (Å²) in [5.41, 5.74) is -0.698. The molecule has 1 N–H and O–H groups in total. The van der Waals surface area contributed by atoms with E-state index >= 15 is 0 Å². The Morgan fingerprint density at radius 3 is 2.38 bits per heavy atom. The first-order valence-corrected chi connectivity index (χ1v) is 13.6. The predicted octanol–water partition coefficient (Wildman–Crippen LogP) is 3.27. The van der Waals surface area contributed by atoms with E-state index in [2.05, 4.69) is 30.1 Å². The van der Waals surface area contributed by atoms with Crippen LogP contribution < -0.4 is 11.1 Å². The van der Waals surface area contributed by atoms with Gasteiger partial charge in [0, 0.05) is 14.7 Å². The number of alkyl carbamates (subject to hydrolysis) is 1. The van der Waals surface area contributed by atoms with Crippen LogP contribution in [0.1, 0.15) is 51.7 Å². The number of nitrogens with zero attached hydrogens (tertiary/aromatic N) is 2. The topological polar surface area (TPSA) is 113 Å². The molecule has 9 nitrogen and oxygen atoms in total. The molecule has 1 amide bonds. The number of hydrogen-bond acceptors (Lipinski definition) is 7. The lowest BCUT2D eigenvalue weighted by molar-refractivity contribution is 0.0481. The summed E-state index contributed by atoms with van der Waals surface area (Å²) < 4.78 is 16.7. The molecular weight excluding hydrogens is 394 g/mol. The van der Waals surface area contributed by atoms with Gasteiger partial charge in [-0.25, -0.2) is 9.59 Å². The first-order chi connectivity index (χ1) is 13.2. The minimum absolute atomic E-state index is 0.0889. The van der Waals surface area contributed by atoms with E-state index < -0.39 is 37.3 Å². The minimum Gasteiger partial charge on any atom is -0.444 e. The van der Waals surface area contributed by atoms with Gasteiger partial charge in [0.05, 0.1) is 0 Å². The Balaban J connectivity index is 2.83. The van der Waals surface area contributed by atoms with Gasteiger partial charge in [-0.05, 0) is 39.2 Å². The number of aromatic nitrogens is 2. The Labute approximate surface area is 173 Å². The summed E-state index contributed by atoms with van der Waals surface area (Å²) in [7, 11) is -1.25. The standard InChI is InChI=1S/C19H35N3O6Si/c1-13(2)11-14(20-17(24)28-19(3,4)5)15(23)16-21-22(18(25)27-16)12-26-9-10-29(6,7)8/h13-14H,9-12H2,1-8H3,(H,20,24). The fourth-order valence-corrected chi connectivity index (χ4v) is 3.08. The summed E-state index contributed by atoms with van der Waals surface area (Å²) in [4.78, 5) is 36.9. The molecule has 0 radical (unpaired) electrons. The first kappa shape index (κ1) is 25.1. The third kappa shape index (κ3) is 9.89. The molecule has 1 atom stereocenters. The molecule has 0 saturated carbocycles. The van der Waals surface area contributed by atoms with E-state index in [0.29, 0.717) is 13.0 Å². The molecule has 1 rings (SSSR count). The van der Waals surface area contributed by atoms with Crippen molar-refractivity contribution in [3.8, 4) is 0 Å². The average Bonchev–Trinajstić information content (AvgIpc) is 2.88. The van der Waals surface area contributed by atoms with Crippen LogP contribution in [0.15, 0.2) is 9.21 Å². The molecule has 0 aromatic carbocycles. The van der Waals surface area contributed by atoms with E-state index in [9.17, 15) is 14.4 Å². The molecule has 0 bridgehead atoms. The smallest absolute Gasteiger partial charge is 0.439 e. The number of nitrogens with one attached hydrogen (secondary N) is 1. The molecule has 29 heavy (non-hydrogen) atoms. The maximum atomic E-state index is 12.8. The number of rotatable bonds is 10. The minimum atomic E-state index is -1.25. The number of ketones is 1. The van der Waals surface area contributed by atoms with E-state index in [4.69, 9.17) is 13.9 Å². The van der Waals surface area contributed by atoms with Crippen LogP contribution in [0, 0.1) is 5.92 Å². The molecule has 1 heterocycles. The number of Topliss-reactive ketones (excluding diaryl/α,β-unsaturated/α-hetero) is 1. The zero-order chi connectivity index (χ0) is 22.4. The molecule has 0 spiro atoms. The Morgan fingerprint density at radius 2 is 1.86 bits per heavy atom. The summed E-state index contributed by atoms with van der Waals surface area (Å²) in [6.07, 6.45) is -0.366. The molecule has 0 aliphatic rings. The molecule has 0 aliphatic carbocycles. The quantitative estimate of drug-likeness (QED) is 0.345. The van der Waals surface area contributed by atoms with Gasteiger partial charge in [-0.1, -0.05) is 33.5 Å². The van der Waals surface area contributed by atoms with Crippen LogP contribution in [0.2, 0.25) is 25.7 Å². The van der Waals surface area contributed by atoms with Crippen LogP contribution in [0.3, 0.4) is 0 Å². The van der Waals surface area contributed by atoms with E-state index in [-0.39, 0.29) is 18.5 Å². The van der Waals surface area contributed by atoms with E-state index in [0.717, 1.165) is 10.7 Å². The molecule has 1 aromatic rings. The average molecular weight is 430 g/mol. The molecule has 0 aliphatic heterocycles. The van der Waals surface area contributed by atoms with Crippen molar-refractivity contribution in [3.63, 3.8) is 0 Å². The highest BCUT2D eigenvalue weighted by Crippen LogP contribution is 2.12. The van der Waals surface area contributed by atoms with Gasteiger partial charge in [-0.3, -0.25) is 4.79 Å². The van der Waals surface area contributed by atoms with Crippen molar-refractivity contribution in [2.75, 3.05) is 6.61 Å². The van der Waals surface area contributed by atoms with Crippen LogP contribution in [-0.2, 0) is 16.2 Å². The van der Waals surface area contributed by atoms with Gasteiger partial charge in [0.1, 0.15) is 18.4 Å². The van der Waals surface area contributed by atoms with Gasteiger partial charge < -0.3 is 19.2 Å². The van der Waals surface area contributed by atoms with Crippen molar-refractivity contribution in [3.05, 3.63) is 16.4 Å². The molecular formula is C19H35N3O6Si. The second-order valence-electron chi connectivity index (χ2n) is 9.71. The van der Waals surface area contributed by atoms with Crippen LogP contribution in [-0.4, -0.2) is 48.0 Å². The van der Waals surface area contributed by atoms with E-state index in [1.165, 1.54) is 0 Å². The summed E-state index contributed by atoms with van der Waals surface area (Å²) in [6.45, 7) is 16.1. The number of hydrogen-bond donors (Lipinski definition) is 1. The van der Waals surface area contributed by atoms with Crippen molar-refractivity contribution in [2.45, 2.75) is 85.1 Å². The third-order valence-corrected chi connectivity index (χ3v) is 5.45. The second-order valence-corrected chi connectivity index (χ2v) is 15.3. The Hall–Kier alpha value is -1.94. The SMILES string of the molecule is CC(C)CC(NC(=O)OC(C)(C)C)C(=O)c1nn(COCC[Si](C)(C)C)c(=O)o1. The van der Waals surface area contributed by atoms with Crippen molar-refractivity contribution < 1.29 is 23.5 Å². The molecule has 1 aromatic heterocycles. The van der Waals surface area contributed by atoms with Crippen molar-refractivity contribution >= 4 is 20.0 Å². The van der Waals surface area contributed by atoms with E-state index in [1.807, 2.05) is 13.8 Å². The monoisotopic (exact) mass is 429 g/mol. The Bertz CT molecular complexity index is 742. The van der Waals surface area contributed by atoms with Gasteiger partial charge in [-0.2, -0.15) is 4.68 Å². The highest BCUT2D eigenvalue weighted by atomic mass is 28.3. The molecule has 0 saturated heterocycles. The summed E-state index contributed by atoms with van der Waals surface area (Å²) in [5.74, 6) is -1.60. The summed E-state index contributed by atoms with van der Waals surface area (Å²) in [5, 5.41) is 6.49. The van der Waals surface area contributed by atoms with Gasteiger partial charge in [0.2, 0.25) is 5.78 Å². The fourth-order valence-electron chi connectivity index (χ4n) is 2.32. The number of carbonyl (C=O) groups is 2. The number of ether oxygens (including phenoxy) is 2. The van der Waals surface area contributed by atoms with Crippen molar-refractivity contribution in [2.24, 2.45) is 5.92 Å². The predicted molar refractivity (Wildman–Crippen MR) is 112 cm³/mol. The third-order valence-electron chi connectivity index (χ3n) is 3.74. The highest BCUT2D eigenvalue weighted by Gasteiger charge is 2.30. The zero-order valence-electron chi connectivity index (χ0n) is 18.8. The highest BCUT2D eigenvalue weighted by molar-refractivity contribution is 6.76. The molecule has 1 unspecified atom stereocenters. The van der Waals surface area contributed by atoms with Gasteiger partial charge in [0.25, 0.3) is 5.89 Å². The van der Waals surface area contributed by atoms with E-state index in [1.54, 1.807) is 20.8 Å². The molecule has 10 heteroatoms. The summed E-state index contributed by atoms with van der Waals surface area (Å²) in [6, 6.07) is 0.0333. The van der Waals surface area contributed by atoms with Crippen LogP contribution in [0.4, 0.5) is 4.79 Å². The number of carbonyl (C=O) groups excluding carboxylic acids is 2. The number of amides is 1.